The molecular weight excluding hydrogens is 368 g/mol. The topological polar surface area (TPSA) is 58.2 Å². The first-order valence-corrected chi connectivity index (χ1v) is 10.1. The summed E-state index contributed by atoms with van der Waals surface area (Å²) in [7, 11) is 0. The summed E-state index contributed by atoms with van der Waals surface area (Å²) in [4.78, 5) is 24.7. The summed E-state index contributed by atoms with van der Waals surface area (Å²) in [5, 5.41) is 7.97. The molecule has 144 valence electrons. The monoisotopic (exact) mass is 392 g/mol. The van der Waals surface area contributed by atoms with Crippen molar-refractivity contribution in [1.29, 1.82) is 0 Å². The van der Waals surface area contributed by atoms with Gasteiger partial charge >= 0.3 is 0 Å². The van der Waals surface area contributed by atoms with E-state index < -0.39 is 0 Å². The molecule has 0 radical (unpaired) electrons. The summed E-state index contributed by atoms with van der Waals surface area (Å²) in [6.07, 6.45) is 0. The number of nitrogens with one attached hydrogen (secondary N) is 2. The van der Waals surface area contributed by atoms with Crippen molar-refractivity contribution in [3.05, 3.63) is 72.3 Å². The molecular formula is C23H24N2O2S. The summed E-state index contributed by atoms with van der Waals surface area (Å²) in [5.41, 5.74) is 1.84. The maximum atomic E-state index is 12.6. The van der Waals surface area contributed by atoms with E-state index in [2.05, 4.69) is 41.0 Å². The van der Waals surface area contributed by atoms with Crippen molar-refractivity contribution in [3.63, 3.8) is 0 Å². The van der Waals surface area contributed by atoms with E-state index in [-0.39, 0.29) is 23.1 Å². The lowest BCUT2D eigenvalue weighted by Gasteiger charge is -2.18. The molecule has 0 spiro atoms. The Labute approximate surface area is 169 Å². The maximum absolute atomic E-state index is 12.6. The molecule has 28 heavy (non-hydrogen) atoms. The molecule has 2 N–H and O–H groups in total. The Hall–Kier alpha value is -2.79. The number of anilines is 1. The largest absolute Gasteiger partial charge is 0.349 e. The van der Waals surface area contributed by atoms with Crippen molar-refractivity contribution in [2.45, 2.75) is 37.0 Å². The van der Waals surface area contributed by atoms with Crippen LogP contribution in [0, 0.1) is 0 Å². The molecule has 4 nitrogen and oxygen atoms in total. The fraction of sp³-hybridized carbons (Fsp3) is 0.217. The van der Waals surface area contributed by atoms with Crippen LogP contribution in [-0.2, 0) is 9.59 Å². The second-order valence-electron chi connectivity index (χ2n) is 6.80. The van der Waals surface area contributed by atoms with Gasteiger partial charge in [-0.15, -0.1) is 11.8 Å². The van der Waals surface area contributed by atoms with E-state index in [0.717, 1.165) is 16.1 Å². The van der Waals surface area contributed by atoms with Crippen LogP contribution in [0.4, 0.5) is 5.69 Å². The standard InChI is InChI=1S/C23H24N2O2S/c1-15(19-9-8-18-6-4-5-7-20(18)14-19)24-23(27)16(2)28-22-12-10-21(11-13-22)25-17(3)26/h4-16H,1-3H3,(H,24,27)(H,25,26). The Balaban J connectivity index is 1.60. The number of carbonyl (C=O) groups excluding carboxylic acids is 2. The van der Waals surface area contributed by atoms with Crippen LogP contribution in [0.3, 0.4) is 0 Å². The first-order valence-electron chi connectivity index (χ1n) is 9.26. The highest BCUT2D eigenvalue weighted by Gasteiger charge is 2.17. The first kappa shape index (κ1) is 20.0. The maximum Gasteiger partial charge on any atom is 0.233 e. The average Bonchev–Trinajstić information content (AvgIpc) is 2.68. The quantitative estimate of drug-likeness (QED) is 0.570. The van der Waals surface area contributed by atoms with E-state index in [1.54, 1.807) is 0 Å². The molecule has 2 amide bonds. The van der Waals surface area contributed by atoms with E-state index in [1.165, 1.54) is 29.5 Å². The predicted molar refractivity (Wildman–Crippen MR) is 117 cm³/mol. The Bertz CT molecular complexity index is 985. The first-order chi connectivity index (χ1) is 13.4. The minimum Gasteiger partial charge on any atom is -0.349 e. The highest BCUT2D eigenvalue weighted by molar-refractivity contribution is 8.00. The number of fused-ring (bicyclic) bond motifs is 1. The fourth-order valence-corrected chi connectivity index (χ4v) is 3.85. The number of hydrogen-bond acceptors (Lipinski definition) is 3. The molecule has 0 bridgehead atoms. The number of thioether (sulfide) groups is 1. The number of hydrogen-bond donors (Lipinski definition) is 2. The van der Waals surface area contributed by atoms with Gasteiger partial charge in [-0.05, 0) is 60.5 Å². The number of carbonyl (C=O) groups is 2. The summed E-state index contributed by atoms with van der Waals surface area (Å²) in [6, 6.07) is 21.9. The molecule has 0 saturated heterocycles. The van der Waals surface area contributed by atoms with Gasteiger partial charge in [0.25, 0.3) is 0 Å². The molecule has 0 aliphatic rings. The van der Waals surface area contributed by atoms with E-state index in [4.69, 9.17) is 0 Å². The molecule has 3 aromatic carbocycles. The molecule has 0 aliphatic carbocycles. The molecule has 2 unspecified atom stereocenters. The van der Waals surface area contributed by atoms with Crippen molar-refractivity contribution >= 4 is 40.0 Å². The minimum atomic E-state index is -0.227. The van der Waals surface area contributed by atoms with Gasteiger partial charge < -0.3 is 10.6 Å². The van der Waals surface area contributed by atoms with Gasteiger partial charge in [0.1, 0.15) is 0 Å². The van der Waals surface area contributed by atoms with Crippen molar-refractivity contribution in [3.8, 4) is 0 Å². The van der Waals surface area contributed by atoms with Gasteiger partial charge in [0, 0.05) is 17.5 Å². The van der Waals surface area contributed by atoms with Gasteiger partial charge in [0.15, 0.2) is 0 Å². The molecule has 0 aliphatic heterocycles. The van der Waals surface area contributed by atoms with Crippen molar-refractivity contribution in [2.75, 3.05) is 5.32 Å². The third-order valence-electron chi connectivity index (χ3n) is 4.49. The van der Waals surface area contributed by atoms with Gasteiger partial charge in [-0.25, -0.2) is 0 Å². The highest BCUT2D eigenvalue weighted by Crippen LogP contribution is 2.26. The van der Waals surface area contributed by atoms with Gasteiger partial charge in [-0.1, -0.05) is 36.4 Å². The molecule has 0 heterocycles. The van der Waals surface area contributed by atoms with Crippen LogP contribution in [0.1, 0.15) is 32.4 Å². The summed E-state index contributed by atoms with van der Waals surface area (Å²) in [5.74, 6) is -0.104. The Morgan fingerprint density at radius 1 is 0.893 bits per heavy atom. The van der Waals surface area contributed by atoms with Crippen LogP contribution in [0.5, 0.6) is 0 Å². The molecule has 0 aromatic heterocycles. The van der Waals surface area contributed by atoms with Crippen molar-refractivity contribution < 1.29 is 9.59 Å². The van der Waals surface area contributed by atoms with E-state index >= 15 is 0 Å². The minimum absolute atomic E-state index is 0.00315. The van der Waals surface area contributed by atoms with Gasteiger partial charge in [0.05, 0.1) is 11.3 Å². The Morgan fingerprint density at radius 2 is 1.57 bits per heavy atom. The number of benzene rings is 3. The molecule has 5 heteroatoms. The smallest absolute Gasteiger partial charge is 0.233 e. The normalized spacial score (nSPS) is 13.0. The lowest BCUT2D eigenvalue weighted by Crippen LogP contribution is -2.33. The van der Waals surface area contributed by atoms with Crippen LogP contribution in [0.25, 0.3) is 10.8 Å². The lowest BCUT2D eigenvalue weighted by atomic mass is 10.0. The summed E-state index contributed by atoms with van der Waals surface area (Å²) < 4.78 is 0. The fourth-order valence-electron chi connectivity index (χ4n) is 2.97. The van der Waals surface area contributed by atoms with Crippen LogP contribution >= 0.6 is 11.8 Å². The average molecular weight is 393 g/mol. The second kappa shape index (κ2) is 8.93. The van der Waals surface area contributed by atoms with Gasteiger partial charge in [0.2, 0.25) is 11.8 Å². The lowest BCUT2D eigenvalue weighted by molar-refractivity contribution is -0.121. The Morgan fingerprint density at radius 3 is 2.25 bits per heavy atom. The van der Waals surface area contributed by atoms with E-state index in [1.807, 2.05) is 50.2 Å². The van der Waals surface area contributed by atoms with Gasteiger partial charge in [-0.2, -0.15) is 0 Å². The number of rotatable bonds is 6. The summed E-state index contributed by atoms with van der Waals surface area (Å²) in [6.45, 7) is 5.38. The van der Waals surface area contributed by atoms with Crippen molar-refractivity contribution in [2.24, 2.45) is 0 Å². The van der Waals surface area contributed by atoms with E-state index in [9.17, 15) is 9.59 Å². The third kappa shape index (κ3) is 5.14. The zero-order chi connectivity index (χ0) is 20.1. The van der Waals surface area contributed by atoms with Crippen LogP contribution in [0.15, 0.2) is 71.6 Å². The van der Waals surface area contributed by atoms with Gasteiger partial charge in [-0.3, -0.25) is 9.59 Å². The highest BCUT2D eigenvalue weighted by atomic mass is 32.2. The molecule has 3 rings (SSSR count). The van der Waals surface area contributed by atoms with Crippen LogP contribution in [0.2, 0.25) is 0 Å². The molecule has 0 saturated carbocycles. The molecule has 3 aromatic rings. The molecule has 2 atom stereocenters. The van der Waals surface area contributed by atoms with Crippen molar-refractivity contribution in [1.82, 2.24) is 5.32 Å². The SMILES string of the molecule is CC(=O)Nc1ccc(SC(C)C(=O)NC(C)c2ccc3ccccc3c2)cc1. The zero-order valence-electron chi connectivity index (χ0n) is 16.2. The second-order valence-corrected chi connectivity index (χ2v) is 8.22. The van der Waals surface area contributed by atoms with E-state index in [0.29, 0.717) is 0 Å². The van der Waals surface area contributed by atoms with Crippen LogP contribution < -0.4 is 10.6 Å². The zero-order valence-corrected chi connectivity index (χ0v) is 17.0. The Kier molecular flexibility index (Phi) is 6.37. The van der Waals surface area contributed by atoms with Crippen LogP contribution in [-0.4, -0.2) is 17.1 Å². The third-order valence-corrected chi connectivity index (χ3v) is 5.60. The molecule has 0 fully saturated rings. The predicted octanol–water partition coefficient (Wildman–Crippen LogP) is 5.16. The summed E-state index contributed by atoms with van der Waals surface area (Å²) >= 11 is 1.49. The number of amides is 2.